The van der Waals surface area contributed by atoms with Gasteiger partial charge in [-0.3, -0.25) is 14.5 Å². The molecule has 10 nitrogen and oxygen atoms in total. The normalized spacial score (nSPS) is 16.3. The van der Waals surface area contributed by atoms with E-state index in [0.717, 1.165) is 33.0 Å². The number of amides is 2. The van der Waals surface area contributed by atoms with Gasteiger partial charge in [0, 0.05) is 38.0 Å². The van der Waals surface area contributed by atoms with Gasteiger partial charge in [-0.05, 0) is 42.2 Å². The molecule has 2 aromatic rings. The number of hydrogen-bond donors (Lipinski definition) is 2. The zero-order valence-electron chi connectivity index (χ0n) is 22.5. The van der Waals surface area contributed by atoms with Crippen LogP contribution >= 0.6 is 0 Å². The van der Waals surface area contributed by atoms with Gasteiger partial charge in [0.2, 0.25) is 11.8 Å². The van der Waals surface area contributed by atoms with Crippen molar-refractivity contribution in [2.45, 2.75) is 31.8 Å². The van der Waals surface area contributed by atoms with Crippen LogP contribution in [0.2, 0.25) is 0 Å². The van der Waals surface area contributed by atoms with E-state index in [9.17, 15) is 18.6 Å². The van der Waals surface area contributed by atoms with Gasteiger partial charge in [0.15, 0.2) is 0 Å². The lowest BCUT2D eigenvalue weighted by Crippen LogP contribution is -2.49. The van der Waals surface area contributed by atoms with E-state index < -0.39 is 28.8 Å². The Morgan fingerprint density at radius 2 is 1.85 bits per heavy atom. The second kappa shape index (κ2) is 14.5. The molecule has 1 saturated heterocycles. The van der Waals surface area contributed by atoms with Crippen LogP contribution in [0.3, 0.4) is 0 Å². The molecule has 208 valence electrons. The van der Waals surface area contributed by atoms with Crippen LogP contribution in [-0.2, 0) is 30.1 Å². The van der Waals surface area contributed by atoms with Crippen LogP contribution in [0.15, 0.2) is 54.1 Å². The van der Waals surface area contributed by atoms with E-state index in [1.165, 1.54) is 22.4 Å². The number of hydrogen-bond acceptors (Lipinski definition) is 7. The zero-order valence-corrected chi connectivity index (χ0v) is 23.3. The van der Waals surface area contributed by atoms with Crippen molar-refractivity contribution >= 4 is 39.5 Å². The number of fused-ring (bicyclic) bond motifs is 1. The van der Waals surface area contributed by atoms with Crippen molar-refractivity contribution < 1.29 is 23.3 Å². The minimum atomic E-state index is -1.36. The van der Waals surface area contributed by atoms with E-state index in [1.807, 2.05) is 6.07 Å². The number of rotatable bonds is 11. The number of carbonyl (C=O) groups is 3. The molecule has 2 amide bonds. The van der Waals surface area contributed by atoms with Gasteiger partial charge in [0.05, 0.1) is 31.2 Å². The highest BCUT2D eigenvalue weighted by atomic mass is 32.2. The van der Waals surface area contributed by atoms with Gasteiger partial charge in [-0.25, -0.2) is 13.3 Å². The molecule has 0 bridgehead atoms. The monoisotopic (exact) mass is 553 g/mol. The first-order chi connectivity index (χ1) is 18.7. The molecule has 39 heavy (non-hydrogen) atoms. The highest BCUT2D eigenvalue weighted by molar-refractivity contribution is 7.81. The molecule has 0 aromatic heterocycles. The average Bonchev–Trinajstić information content (AvgIpc) is 2.96. The summed E-state index contributed by atoms with van der Waals surface area (Å²) in [6.45, 7) is 3.42. The number of nitrogens with one attached hydrogen (secondary N) is 2. The quantitative estimate of drug-likeness (QED) is 0.246. The van der Waals surface area contributed by atoms with E-state index in [4.69, 9.17) is 5.26 Å². The molecule has 2 aromatic carbocycles. The summed E-state index contributed by atoms with van der Waals surface area (Å²) in [5.74, 6) is -1.68. The van der Waals surface area contributed by atoms with Crippen molar-refractivity contribution in [1.29, 1.82) is 5.26 Å². The van der Waals surface area contributed by atoms with Crippen LogP contribution in [-0.4, -0.2) is 83.3 Å². The zero-order chi connectivity index (χ0) is 28.4. The van der Waals surface area contributed by atoms with Crippen LogP contribution in [0.1, 0.15) is 31.4 Å². The van der Waals surface area contributed by atoms with Crippen LogP contribution in [0.5, 0.6) is 0 Å². The lowest BCUT2D eigenvalue weighted by Gasteiger charge is -2.39. The largest absolute Gasteiger partial charge is 0.465 e. The lowest BCUT2D eigenvalue weighted by molar-refractivity contribution is -0.135. The maximum atomic E-state index is 12.5. The summed E-state index contributed by atoms with van der Waals surface area (Å²) in [5.41, 5.74) is 1.06. The Labute approximate surface area is 231 Å². The van der Waals surface area contributed by atoms with Gasteiger partial charge in [-0.15, -0.1) is 0 Å². The predicted molar refractivity (Wildman–Crippen MR) is 149 cm³/mol. The first kappa shape index (κ1) is 30.0. The van der Waals surface area contributed by atoms with E-state index >= 15 is 0 Å². The molecular weight excluding hydrogens is 518 g/mol. The fourth-order valence-corrected chi connectivity index (χ4v) is 5.72. The summed E-state index contributed by atoms with van der Waals surface area (Å²) >= 11 is 0. The molecule has 0 saturated carbocycles. The second-order valence-corrected chi connectivity index (χ2v) is 10.6. The first-order valence-electron chi connectivity index (χ1n) is 12.8. The topological polar surface area (TPSA) is 132 Å². The van der Waals surface area contributed by atoms with Crippen LogP contribution in [0.25, 0.3) is 10.8 Å². The van der Waals surface area contributed by atoms with Crippen molar-refractivity contribution in [2.24, 2.45) is 0 Å². The third kappa shape index (κ3) is 8.20. The number of nitriles is 1. The molecule has 0 aliphatic carbocycles. The van der Waals surface area contributed by atoms with Gasteiger partial charge < -0.3 is 15.4 Å². The lowest BCUT2D eigenvalue weighted by atomic mass is 9.96. The number of methoxy groups -OCH3 is 1. The number of piperidine rings is 1. The number of carbonyl (C=O) groups excluding carboxylic acids is 3. The van der Waals surface area contributed by atoms with Crippen molar-refractivity contribution in [3.8, 4) is 6.07 Å². The Morgan fingerprint density at radius 3 is 2.51 bits per heavy atom. The molecule has 2 N–H and O–H groups in total. The SMILES string of the molecule is COC(=O)/C(C#N)=C/CNC(=O)CNC(=O)CN(C1CCN(C(C)c2cccc3ccccc23)CC1)S(C)=O. The minimum absolute atomic E-state index is 0.0146. The summed E-state index contributed by atoms with van der Waals surface area (Å²) in [7, 11) is -0.201. The van der Waals surface area contributed by atoms with Crippen molar-refractivity contribution in [3.63, 3.8) is 0 Å². The van der Waals surface area contributed by atoms with Crippen LogP contribution in [0, 0.1) is 11.3 Å². The molecule has 1 aliphatic rings. The molecule has 2 unspecified atom stereocenters. The minimum Gasteiger partial charge on any atom is -0.465 e. The number of likely N-dealkylation sites (tertiary alicyclic amines) is 1. The Balaban J connectivity index is 1.49. The summed E-state index contributed by atoms with van der Waals surface area (Å²) in [4.78, 5) is 38.4. The number of ether oxygens (including phenoxy) is 1. The maximum Gasteiger partial charge on any atom is 0.348 e. The summed E-state index contributed by atoms with van der Waals surface area (Å²) in [5, 5.41) is 16.4. The van der Waals surface area contributed by atoms with Gasteiger partial charge >= 0.3 is 5.97 Å². The van der Waals surface area contributed by atoms with E-state index in [-0.39, 0.29) is 37.3 Å². The fourth-order valence-electron chi connectivity index (χ4n) is 4.79. The highest BCUT2D eigenvalue weighted by Crippen LogP contribution is 2.31. The molecule has 1 fully saturated rings. The van der Waals surface area contributed by atoms with E-state index in [0.29, 0.717) is 0 Å². The molecular formula is C28H35N5O5S. The molecule has 0 radical (unpaired) electrons. The summed E-state index contributed by atoms with van der Waals surface area (Å²) in [6, 6.07) is 16.7. The van der Waals surface area contributed by atoms with E-state index in [2.05, 4.69) is 63.6 Å². The Hall–Kier alpha value is -3.59. The summed E-state index contributed by atoms with van der Waals surface area (Å²) in [6.07, 6.45) is 4.35. The number of nitrogens with zero attached hydrogens (tertiary/aromatic N) is 3. The van der Waals surface area contributed by atoms with Crippen molar-refractivity contribution in [1.82, 2.24) is 19.8 Å². The van der Waals surface area contributed by atoms with Gasteiger partial charge in [-0.1, -0.05) is 42.5 Å². The number of esters is 1. The molecule has 1 aliphatic heterocycles. The van der Waals surface area contributed by atoms with Crippen LogP contribution in [0.4, 0.5) is 0 Å². The third-order valence-electron chi connectivity index (χ3n) is 6.93. The smallest absolute Gasteiger partial charge is 0.348 e. The van der Waals surface area contributed by atoms with Crippen LogP contribution < -0.4 is 10.6 Å². The summed E-state index contributed by atoms with van der Waals surface area (Å²) < 4.78 is 18.7. The van der Waals surface area contributed by atoms with Gasteiger partial charge in [0.1, 0.15) is 11.6 Å². The predicted octanol–water partition coefficient (Wildman–Crippen LogP) is 1.82. The Kier molecular flexibility index (Phi) is 11.2. The molecule has 0 spiro atoms. The third-order valence-corrected chi connectivity index (χ3v) is 8.02. The fraction of sp³-hybridized carbons (Fsp3) is 0.429. The maximum absolute atomic E-state index is 12.5. The Morgan fingerprint density at radius 1 is 1.15 bits per heavy atom. The average molecular weight is 554 g/mol. The molecule has 1 heterocycles. The van der Waals surface area contributed by atoms with Crippen molar-refractivity contribution in [2.75, 3.05) is 46.1 Å². The van der Waals surface area contributed by atoms with E-state index in [1.54, 1.807) is 16.6 Å². The standard InChI is InChI=1S/C28H35N5O5S/c1-20(24-10-6-8-21-7-4-5-9-25(21)24)32-15-12-23(13-16-32)33(39(3)37)19-27(35)31-18-26(34)30-14-11-22(17-29)28(36)38-2/h4-11,20,23H,12-16,18-19H2,1-3H3,(H,30,34)(H,31,35)/b22-11+. The van der Waals surface area contributed by atoms with Gasteiger partial charge in [-0.2, -0.15) is 5.26 Å². The Bertz CT molecular complexity index is 1280. The van der Waals surface area contributed by atoms with Crippen molar-refractivity contribution in [3.05, 3.63) is 59.7 Å². The number of benzene rings is 2. The highest BCUT2D eigenvalue weighted by Gasteiger charge is 2.30. The van der Waals surface area contributed by atoms with Gasteiger partial charge in [0.25, 0.3) is 0 Å². The second-order valence-electron chi connectivity index (χ2n) is 9.31. The molecule has 3 rings (SSSR count). The molecule has 11 heteroatoms. The first-order valence-corrected chi connectivity index (χ1v) is 14.3. The molecule has 2 atom stereocenters.